The van der Waals surface area contributed by atoms with Crippen LogP contribution in [-0.2, 0) is 11.3 Å². The Morgan fingerprint density at radius 3 is 2.53 bits per heavy atom. The first-order valence-electron chi connectivity index (χ1n) is 4.88. The Labute approximate surface area is 103 Å². The van der Waals surface area contributed by atoms with Gasteiger partial charge in [0.1, 0.15) is 4.99 Å². The highest BCUT2D eigenvalue weighted by molar-refractivity contribution is 7.80. The topological polar surface area (TPSA) is 35.2 Å². The fourth-order valence-corrected chi connectivity index (χ4v) is 1.39. The van der Waals surface area contributed by atoms with Crippen molar-refractivity contribution in [3.8, 4) is 0 Å². The Bertz CT molecular complexity index is 406. The van der Waals surface area contributed by atoms with Crippen LogP contribution in [0.2, 0.25) is 0 Å². The molecule has 2 nitrogen and oxygen atoms in total. The minimum absolute atomic E-state index is 0.142. The number of halogens is 3. The summed E-state index contributed by atoms with van der Waals surface area (Å²) >= 11 is 4.80. The Morgan fingerprint density at radius 2 is 2.00 bits per heavy atom. The highest BCUT2D eigenvalue weighted by atomic mass is 32.1. The first kappa shape index (κ1) is 13.9. The minimum atomic E-state index is -4.36. The Kier molecular flexibility index (Phi) is 4.47. The molecular weight excluding hydrogens is 251 g/mol. The van der Waals surface area contributed by atoms with E-state index in [1.54, 1.807) is 24.3 Å². The van der Waals surface area contributed by atoms with Crippen LogP contribution in [0.15, 0.2) is 24.3 Å². The van der Waals surface area contributed by atoms with Gasteiger partial charge >= 0.3 is 6.18 Å². The molecule has 17 heavy (non-hydrogen) atoms. The van der Waals surface area contributed by atoms with Crippen LogP contribution in [0.1, 0.15) is 18.1 Å². The smallest absolute Gasteiger partial charge is 0.389 e. The summed E-state index contributed by atoms with van der Waals surface area (Å²) in [4.78, 5) is 0.142. The number of alkyl halides is 3. The normalized spacial score (nSPS) is 13.4. The van der Waals surface area contributed by atoms with Gasteiger partial charge in [-0.2, -0.15) is 13.2 Å². The van der Waals surface area contributed by atoms with Gasteiger partial charge in [-0.3, -0.25) is 0 Å². The molecule has 1 aromatic carbocycles. The first-order chi connectivity index (χ1) is 7.82. The summed E-state index contributed by atoms with van der Waals surface area (Å²) in [7, 11) is 0. The monoisotopic (exact) mass is 263 g/mol. The summed E-state index contributed by atoms with van der Waals surface area (Å²) in [6.45, 7) is 0.789. The molecule has 1 atom stereocenters. The lowest BCUT2D eigenvalue weighted by Crippen LogP contribution is -2.28. The SMILES string of the molecule is CC(OCc1ccccc1C(N)=S)C(F)(F)F. The van der Waals surface area contributed by atoms with Crippen molar-refractivity contribution in [2.24, 2.45) is 5.73 Å². The summed E-state index contributed by atoms with van der Waals surface area (Å²) in [6, 6.07) is 6.70. The van der Waals surface area contributed by atoms with Gasteiger partial charge in [-0.1, -0.05) is 36.5 Å². The van der Waals surface area contributed by atoms with Gasteiger partial charge in [-0.15, -0.1) is 0 Å². The van der Waals surface area contributed by atoms with Crippen LogP contribution in [0.5, 0.6) is 0 Å². The maximum Gasteiger partial charge on any atom is 0.414 e. The van der Waals surface area contributed by atoms with Crippen molar-refractivity contribution in [1.82, 2.24) is 0 Å². The average Bonchev–Trinajstić information content (AvgIpc) is 2.24. The van der Waals surface area contributed by atoms with E-state index < -0.39 is 12.3 Å². The average molecular weight is 263 g/mol. The number of nitrogens with two attached hydrogens (primary N) is 1. The first-order valence-corrected chi connectivity index (χ1v) is 5.29. The van der Waals surface area contributed by atoms with E-state index in [1.165, 1.54) is 0 Å². The highest BCUT2D eigenvalue weighted by Crippen LogP contribution is 2.23. The lowest BCUT2D eigenvalue weighted by Gasteiger charge is -2.17. The number of ether oxygens (including phenoxy) is 1. The molecule has 0 fully saturated rings. The minimum Gasteiger partial charge on any atom is -0.389 e. The zero-order valence-electron chi connectivity index (χ0n) is 9.12. The lowest BCUT2D eigenvalue weighted by atomic mass is 10.1. The molecule has 1 aromatic rings. The fraction of sp³-hybridized carbons (Fsp3) is 0.364. The summed E-state index contributed by atoms with van der Waals surface area (Å²) < 4.78 is 41.4. The van der Waals surface area contributed by atoms with Crippen molar-refractivity contribution in [2.45, 2.75) is 25.8 Å². The largest absolute Gasteiger partial charge is 0.414 e. The van der Waals surface area contributed by atoms with Crippen molar-refractivity contribution in [1.29, 1.82) is 0 Å². The van der Waals surface area contributed by atoms with E-state index in [0.29, 0.717) is 11.1 Å². The van der Waals surface area contributed by atoms with Gasteiger partial charge in [-0.25, -0.2) is 0 Å². The van der Waals surface area contributed by atoms with E-state index in [1.807, 2.05) is 0 Å². The lowest BCUT2D eigenvalue weighted by molar-refractivity contribution is -0.217. The van der Waals surface area contributed by atoms with Gasteiger partial charge in [0.2, 0.25) is 0 Å². The molecule has 1 rings (SSSR count). The molecule has 0 aliphatic rings. The summed E-state index contributed by atoms with van der Waals surface area (Å²) in [5.41, 5.74) is 6.55. The van der Waals surface area contributed by atoms with Crippen molar-refractivity contribution >= 4 is 17.2 Å². The molecule has 0 radical (unpaired) electrons. The van der Waals surface area contributed by atoms with Crippen LogP contribution >= 0.6 is 12.2 Å². The predicted molar refractivity (Wildman–Crippen MR) is 62.6 cm³/mol. The fourth-order valence-electron chi connectivity index (χ4n) is 1.20. The maximum absolute atomic E-state index is 12.2. The summed E-state index contributed by atoms with van der Waals surface area (Å²) in [6.07, 6.45) is -6.18. The van der Waals surface area contributed by atoms with E-state index in [2.05, 4.69) is 0 Å². The third-order valence-electron chi connectivity index (χ3n) is 2.23. The van der Waals surface area contributed by atoms with E-state index in [9.17, 15) is 13.2 Å². The third kappa shape index (κ3) is 3.98. The molecule has 0 saturated carbocycles. The van der Waals surface area contributed by atoms with Crippen LogP contribution in [0, 0.1) is 0 Å². The van der Waals surface area contributed by atoms with Gasteiger partial charge in [0, 0.05) is 5.56 Å². The second-order valence-corrected chi connectivity index (χ2v) is 3.96. The van der Waals surface area contributed by atoms with Crippen LogP contribution in [0.4, 0.5) is 13.2 Å². The molecule has 1 unspecified atom stereocenters. The molecule has 0 aliphatic heterocycles. The van der Waals surface area contributed by atoms with E-state index in [0.717, 1.165) is 6.92 Å². The molecular formula is C11H12F3NOS. The zero-order chi connectivity index (χ0) is 13.1. The molecule has 0 aliphatic carbocycles. The molecule has 0 saturated heterocycles. The predicted octanol–water partition coefficient (Wildman–Crippen LogP) is 2.79. The van der Waals surface area contributed by atoms with Crippen molar-refractivity contribution in [3.05, 3.63) is 35.4 Å². The van der Waals surface area contributed by atoms with Crippen LogP contribution in [0.25, 0.3) is 0 Å². The van der Waals surface area contributed by atoms with Gasteiger partial charge in [-0.05, 0) is 12.5 Å². The number of hydrogen-bond acceptors (Lipinski definition) is 2. The Hall–Kier alpha value is -1.14. The van der Waals surface area contributed by atoms with Gasteiger partial charge in [0.25, 0.3) is 0 Å². The number of benzene rings is 1. The third-order valence-corrected chi connectivity index (χ3v) is 2.45. The van der Waals surface area contributed by atoms with Crippen molar-refractivity contribution < 1.29 is 17.9 Å². The Balaban J connectivity index is 2.73. The van der Waals surface area contributed by atoms with Crippen LogP contribution < -0.4 is 5.73 Å². The highest BCUT2D eigenvalue weighted by Gasteiger charge is 2.36. The zero-order valence-corrected chi connectivity index (χ0v) is 9.94. The second-order valence-electron chi connectivity index (χ2n) is 3.52. The molecule has 94 valence electrons. The quantitative estimate of drug-likeness (QED) is 0.848. The van der Waals surface area contributed by atoms with E-state index in [-0.39, 0.29) is 11.6 Å². The maximum atomic E-state index is 12.2. The standard InChI is InChI=1S/C11H12F3NOS/c1-7(11(12,13)14)16-6-8-4-2-3-5-9(8)10(15)17/h2-5,7H,6H2,1H3,(H2,15,17). The Morgan fingerprint density at radius 1 is 1.41 bits per heavy atom. The van der Waals surface area contributed by atoms with Gasteiger partial charge in [0.05, 0.1) is 6.61 Å². The van der Waals surface area contributed by atoms with Gasteiger partial charge < -0.3 is 10.5 Å². The molecule has 6 heteroatoms. The van der Waals surface area contributed by atoms with Crippen molar-refractivity contribution in [3.63, 3.8) is 0 Å². The van der Waals surface area contributed by atoms with Crippen molar-refractivity contribution in [2.75, 3.05) is 0 Å². The van der Waals surface area contributed by atoms with E-state index in [4.69, 9.17) is 22.7 Å². The molecule has 0 bridgehead atoms. The van der Waals surface area contributed by atoms with Gasteiger partial charge in [0.15, 0.2) is 6.10 Å². The molecule has 0 heterocycles. The molecule has 0 amide bonds. The van der Waals surface area contributed by atoms with Crippen LogP contribution in [-0.4, -0.2) is 17.3 Å². The molecule has 0 aromatic heterocycles. The molecule has 0 spiro atoms. The summed E-state index contributed by atoms with van der Waals surface area (Å²) in [5.74, 6) is 0. The van der Waals surface area contributed by atoms with Crippen LogP contribution in [0.3, 0.4) is 0 Å². The van der Waals surface area contributed by atoms with E-state index >= 15 is 0 Å². The second kappa shape index (κ2) is 5.46. The number of rotatable bonds is 4. The summed E-state index contributed by atoms with van der Waals surface area (Å²) in [5, 5.41) is 0. The molecule has 2 N–H and O–H groups in total. The number of hydrogen-bond donors (Lipinski definition) is 1. The number of thiocarbonyl (C=S) groups is 1.